The van der Waals surface area contributed by atoms with E-state index in [-0.39, 0.29) is 11.9 Å². The Morgan fingerprint density at radius 3 is 2.76 bits per heavy atom. The zero-order chi connectivity index (χ0) is 17.8. The second kappa shape index (κ2) is 7.89. The molecule has 6 heteroatoms. The van der Waals surface area contributed by atoms with Crippen LogP contribution in [-0.4, -0.2) is 15.9 Å². The van der Waals surface area contributed by atoms with Gasteiger partial charge in [0.25, 0.3) is 5.91 Å². The second-order valence-corrected chi connectivity index (χ2v) is 8.19. The number of hydrogen-bond donors (Lipinski definition) is 1. The highest BCUT2D eigenvalue weighted by Crippen LogP contribution is 2.26. The van der Waals surface area contributed by atoms with Gasteiger partial charge < -0.3 is 5.32 Å². The Morgan fingerprint density at radius 1 is 1.28 bits per heavy atom. The van der Waals surface area contributed by atoms with Crippen molar-refractivity contribution in [1.82, 2.24) is 15.3 Å². The Balaban J connectivity index is 1.80. The molecule has 1 N–H and O–H groups in total. The van der Waals surface area contributed by atoms with E-state index in [0.29, 0.717) is 11.5 Å². The van der Waals surface area contributed by atoms with E-state index in [1.54, 1.807) is 28.9 Å². The van der Waals surface area contributed by atoms with Crippen LogP contribution in [0.3, 0.4) is 0 Å². The molecule has 0 aliphatic carbocycles. The molecule has 1 aromatic carbocycles. The lowest BCUT2D eigenvalue weighted by molar-refractivity contribution is 0.0932. The second-order valence-electron chi connectivity index (χ2n) is 6.40. The average Bonchev–Trinajstić information content (AvgIpc) is 3.25. The molecule has 3 rings (SSSR count). The minimum atomic E-state index is -0.0732. The number of benzene rings is 1. The Labute approximate surface area is 156 Å². The molecule has 25 heavy (non-hydrogen) atoms. The summed E-state index contributed by atoms with van der Waals surface area (Å²) in [7, 11) is 0. The Morgan fingerprint density at radius 2 is 2.12 bits per heavy atom. The van der Waals surface area contributed by atoms with Gasteiger partial charge in [-0.05, 0) is 31.4 Å². The van der Waals surface area contributed by atoms with Crippen LogP contribution in [0, 0.1) is 12.8 Å². The lowest BCUT2D eigenvalue weighted by Crippen LogP contribution is -2.29. The first-order valence-corrected chi connectivity index (χ1v) is 10.0. The van der Waals surface area contributed by atoms with Crippen LogP contribution >= 0.6 is 22.7 Å². The van der Waals surface area contributed by atoms with Gasteiger partial charge in [0.15, 0.2) is 0 Å². The van der Waals surface area contributed by atoms with Crippen molar-refractivity contribution in [3.05, 3.63) is 57.5 Å². The predicted octanol–water partition coefficient (Wildman–Crippen LogP) is 5.09. The molecule has 0 saturated carbocycles. The standard InChI is InChI=1S/C19H21N3OS2/c1-12(2)9-16(19-20-7-8-24-19)22-17(23)14-5-4-6-15(10-14)18-21-13(3)11-25-18/h4-8,10-12,16H,9H2,1-3H3,(H,22,23). The Hall–Kier alpha value is -2.05. The van der Waals surface area contributed by atoms with E-state index in [4.69, 9.17) is 0 Å². The molecule has 0 aliphatic heterocycles. The number of carbonyl (C=O) groups is 1. The molecule has 130 valence electrons. The first kappa shape index (κ1) is 17.8. The quantitative estimate of drug-likeness (QED) is 0.656. The zero-order valence-electron chi connectivity index (χ0n) is 14.5. The fourth-order valence-corrected chi connectivity index (χ4v) is 4.12. The van der Waals surface area contributed by atoms with Crippen molar-refractivity contribution in [3.8, 4) is 10.6 Å². The van der Waals surface area contributed by atoms with Gasteiger partial charge >= 0.3 is 0 Å². The third-order valence-corrected chi connectivity index (χ3v) is 5.65. The average molecular weight is 372 g/mol. The number of rotatable bonds is 6. The zero-order valence-corrected chi connectivity index (χ0v) is 16.2. The molecule has 1 unspecified atom stereocenters. The molecular weight excluding hydrogens is 350 g/mol. The van der Waals surface area contributed by atoms with Crippen LogP contribution < -0.4 is 5.32 Å². The topological polar surface area (TPSA) is 54.9 Å². The minimum absolute atomic E-state index is 0.0572. The molecule has 0 saturated heterocycles. The van der Waals surface area contributed by atoms with Crippen molar-refractivity contribution in [2.45, 2.75) is 33.2 Å². The molecule has 0 radical (unpaired) electrons. The van der Waals surface area contributed by atoms with Crippen LogP contribution in [0.2, 0.25) is 0 Å². The summed E-state index contributed by atoms with van der Waals surface area (Å²) in [4.78, 5) is 21.6. The van der Waals surface area contributed by atoms with E-state index in [0.717, 1.165) is 27.7 Å². The maximum absolute atomic E-state index is 12.8. The van der Waals surface area contributed by atoms with Gasteiger partial charge in [0.1, 0.15) is 10.0 Å². The highest BCUT2D eigenvalue weighted by atomic mass is 32.1. The van der Waals surface area contributed by atoms with Crippen molar-refractivity contribution in [2.75, 3.05) is 0 Å². The van der Waals surface area contributed by atoms with Crippen molar-refractivity contribution in [2.24, 2.45) is 5.92 Å². The van der Waals surface area contributed by atoms with Gasteiger partial charge in [-0.2, -0.15) is 0 Å². The summed E-state index contributed by atoms with van der Waals surface area (Å²) in [6, 6.07) is 7.58. The third-order valence-electron chi connectivity index (χ3n) is 3.75. The molecule has 4 nitrogen and oxygen atoms in total. The van der Waals surface area contributed by atoms with E-state index >= 15 is 0 Å². The number of amides is 1. The summed E-state index contributed by atoms with van der Waals surface area (Å²) in [5.41, 5.74) is 2.62. The van der Waals surface area contributed by atoms with E-state index in [1.165, 1.54) is 0 Å². The fraction of sp³-hybridized carbons (Fsp3) is 0.316. The number of thiazole rings is 2. The summed E-state index contributed by atoms with van der Waals surface area (Å²) in [5, 5.41) is 8.99. The number of nitrogens with one attached hydrogen (secondary N) is 1. The summed E-state index contributed by atoms with van der Waals surface area (Å²) >= 11 is 3.17. The van der Waals surface area contributed by atoms with Crippen LogP contribution in [0.25, 0.3) is 10.6 Å². The summed E-state index contributed by atoms with van der Waals surface area (Å²) < 4.78 is 0. The molecule has 0 fully saturated rings. The monoisotopic (exact) mass is 371 g/mol. The van der Waals surface area contributed by atoms with Crippen molar-refractivity contribution < 1.29 is 4.79 Å². The maximum Gasteiger partial charge on any atom is 0.251 e. The molecule has 0 bridgehead atoms. The third kappa shape index (κ3) is 4.52. The fourth-order valence-electron chi connectivity index (χ4n) is 2.62. The highest BCUT2D eigenvalue weighted by Gasteiger charge is 2.19. The number of hydrogen-bond acceptors (Lipinski definition) is 5. The van der Waals surface area contributed by atoms with Gasteiger partial charge in [-0.25, -0.2) is 9.97 Å². The van der Waals surface area contributed by atoms with E-state index in [9.17, 15) is 4.79 Å². The first-order valence-electron chi connectivity index (χ1n) is 8.25. The number of carbonyl (C=O) groups excluding carboxylic acids is 1. The Kier molecular flexibility index (Phi) is 5.60. The van der Waals surface area contributed by atoms with Gasteiger partial charge in [-0.1, -0.05) is 26.0 Å². The minimum Gasteiger partial charge on any atom is -0.343 e. The largest absolute Gasteiger partial charge is 0.343 e. The van der Waals surface area contributed by atoms with Crippen molar-refractivity contribution >= 4 is 28.6 Å². The van der Waals surface area contributed by atoms with Crippen LogP contribution in [0.4, 0.5) is 0 Å². The number of nitrogens with zero attached hydrogens (tertiary/aromatic N) is 2. The molecule has 3 aromatic rings. The molecular formula is C19H21N3OS2. The van der Waals surface area contributed by atoms with E-state index < -0.39 is 0 Å². The molecule has 1 atom stereocenters. The molecule has 2 aromatic heterocycles. The smallest absolute Gasteiger partial charge is 0.251 e. The SMILES string of the molecule is Cc1csc(-c2cccc(C(=O)NC(CC(C)C)c3nccs3)c2)n1. The molecule has 1 amide bonds. The highest BCUT2D eigenvalue weighted by molar-refractivity contribution is 7.13. The molecule has 2 heterocycles. The van der Waals surface area contributed by atoms with Gasteiger partial charge in [0.2, 0.25) is 0 Å². The summed E-state index contributed by atoms with van der Waals surface area (Å²) in [5.74, 6) is 0.398. The van der Waals surface area contributed by atoms with Crippen molar-refractivity contribution in [1.29, 1.82) is 0 Å². The van der Waals surface area contributed by atoms with Crippen LogP contribution in [0.15, 0.2) is 41.2 Å². The first-order chi connectivity index (χ1) is 12.0. The van der Waals surface area contributed by atoms with Gasteiger partial charge in [0, 0.05) is 33.8 Å². The molecule has 0 aliphatic rings. The normalized spacial score (nSPS) is 12.3. The maximum atomic E-state index is 12.8. The lowest BCUT2D eigenvalue weighted by Gasteiger charge is -2.18. The predicted molar refractivity (Wildman–Crippen MR) is 104 cm³/mol. The number of aromatic nitrogens is 2. The van der Waals surface area contributed by atoms with Gasteiger partial charge in [0.05, 0.1) is 6.04 Å². The van der Waals surface area contributed by atoms with Crippen LogP contribution in [0.1, 0.15) is 47.4 Å². The van der Waals surface area contributed by atoms with Crippen molar-refractivity contribution in [3.63, 3.8) is 0 Å². The van der Waals surface area contributed by atoms with Gasteiger partial charge in [-0.3, -0.25) is 4.79 Å². The summed E-state index contributed by atoms with van der Waals surface area (Å²) in [6.45, 7) is 6.28. The Bertz CT molecular complexity index is 840. The lowest BCUT2D eigenvalue weighted by atomic mass is 10.0. The van der Waals surface area contributed by atoms with Gasteiger partial charge in [-0.15, -0.1) is 22.7 Å². The van der Waals surface area contributed by atoms with E-state index in [1.807, 2.05) is 41.9 Å². The summed E-state index contributed by atoms with van der Waals surface area (Å²) in [6.07, 6.45) is 2.65. The van der Waals surface area contributed by atoms with E-state index in [2.05, 4.69) is 29.1 Å². The number of aryl methyl sites for hydroxylation is 1. The van der Waals surface area contributed by atoms with Crippen LogP contribution in [-0.2, 0) is 0 Å². The van der Waals surface area contributed by atoms with Crippen LogP contribution in [0.5, 0.6) is 0 Å². The molecule has 0 spiro atoms.